The molecule has 0 bridgehead atoms. The van der Waals surface area contributed by atoms with Crippen LogP contribution >= 0.6 is 15.9 Å². The van der Waals surface area contributed by atoms with E-state index in [0.717, 1.165) is 21.4 Å². The number of hydrogen-bond acceptors (Lipinski definition) is 3. The molecule has 19 heavy (non-hydrogen) atoms. The van der Waals surface area contributed by atoms with Gasteiger partial charge in [-0.25, -0.2) is 14.6 Å². The third-order valence-electron chi connectivity index (χ3n) is 2.87. The second-order valence-corrected chi connectivity index (χ2v) is 5.06. The first-order chi connectivity index (χ1) is 9.24. The molecule has 0 aliphatic heterocycles. The van der Waals surface area contributed by atoms with Gasteiger partial charge in [-0.05, 0) is 36.8 Å². The molecule has 2 aromatic heterocycles. The topological polar surface area (TPSA) is 43.6 Å². The Morgan fingerprint density at radius 3 is 2.84 bits per heavy atom. The van der Waals surface area contributed by atoms with Crippen LogP contribution in [-0.4, -0.2) is 19.7 Å². The lowest BCUT2D eigenvalue weighted by atomic mass is 10.2. The molecule has 0 atom stereocenters. The number of hydrogen-bond donors (Lipinski definition) is 0. The van der Waals surface area contributed by atoms with Crippen molar-refractivity contribution in [2.24, 2.45) is 0 Å². The van der Waals surface area contributed by atoms with Crippen molar-refractivity contribution < 1.29 is 0 Å². The van der Waals surface area contributed by atoms with E-state index in [1.165, 1.54) is 11.9 Å². The highest BCUT2D eigenvalue weighted by atomic mass is 79.9. The summed E-state index contributed by atoms with van der Waals surface area (Å²) >= 11 is 3.50. The van der Waals surface area contributed by atoms with E-state index in [1.807, 2.05) is 29.1 Å². The Morgan fingerprint density at radius 1 is 1.21 bits per heavy atom. The summed E-state index contributed by atoms with van der Waals surface area (Å²) in [6.07, 6.45) is 7.03. The van der Waals surface area contributed by atoms with E-state index < -0.39 is 0 Å². The molecule has 0 radical (unpaired) electrons. The van der Waals surface area contributed by atoms with Gasteiger partial charge in [-0.3, -0.25) is 0 Å². The summed E-state index contributed by atoms with van der Waals surface area (Å²) in [5, 5.41) is 4.37. The minimum absolute atomic E-state index is 0.870. The van der Waals surface area contributed by atoms with Gasteiger partial charge in [-0.1, -0.05) is 15.9 Å². The third-order valence-corrected chi connectivity index (χ3v) is 3.76. The van der Waals surface area contributed by atoms with Crippen LogP contribution in [0.4, 0.5) is 0 Å². The van der Waals surface area contributed by atoms with E-state index in [2.05, 4.69) is 44.0 Å². The van der Waals surface area contributed by atoms with E-state index in [4.69, 9.17) is 0 Å². The van der Waals surface area contributed by atoms with Crippen molar-refractivity contribution in [2.75, 3.05) is 0 Å². The van der Waals surface area contributed by atoms with Crippen LogP contribution in [0.3, 0.4) is 0 Å². The van der Waals surface area contributed by atoms with Gasteiger partial charge in [0.1, 0.15) is 6.33 Å². The Bertz CT molecular complexity index is 706. The summed E-state index contributed by atoms with van der Waals surface area (Å²) < 4.78 is 2.94. The molecule has 3 aromatic rings. The molecule has 94 valence electrons. The molecule has 0 N–H and O–H groups in total. The second-order valence-electron chi connectivity index (χ2n) is 4.20. The lowest BCUT2D eigenvalue weighted by Crippen LogP contribution is -1.94. The van der Waals surface area contributed by atoms with Crippen molar-refractivity contribution in [2.45, 2.75) is 6.92 Å². The molecule has 0 saturated heterocycles. The summed E-state index contributed by atoms with van der Waals surface area (Å²) in [6.45, 7) is 2.06. The molecule has 0 saturated carbocycles. The number of rotatable bonds is 2. The highest BCUT2D eigenvalue weighted by Gasteiger charge is 2.05. The summed E-state index contributed by atoms with van der Waals surface area (Å²) in [4.78, 5) is 8.13. The molecule has 0 fully saturated rings. The molecule has 0 amide bonds. The van der Waals surface area contributed by atoms with E-state index >= 15 is 0 Å². The summed E-state index contributed by atoms with van der Waals surface area (Å²) in [5.74, 6) is 0. The van der Waals surface area contributed by atoms with Gasteiger partial charge < -0.3 is 0 Å². The number of halogens is 1. The molecule has 2 heterocycles. The maximum atomic E-state index is 4.37. The maximum Gasteiger partial charge on any atom is 0.116 e. The largest absolute Gasteiger partial charge is 0.245 e. The molecule has 0 unspecified atom stereocenters. The first-order valence-electron chi connectivity index (χ1n) is 5.81. The first-order valence-corrected chi connectivity index (χ1v) is 6.61. The molecular weight excluding hydrogens is 304 g/mol. The minimum atomic E-state index is 0.870. The number of nitrogens with zero attached hydrogens (tertiary/aromatic N) is 4. The van der Waals surface area contributed by atoms with Gasteiger partial charge >= 0.3 is 0 Å². The lowest BCUT2D eigenvalue weighted by Gasteiger charge is -2.03. The van der Waals surface area contributed by atoms with Crippen LogP contribution in [0, 0.1) is 6.92 Å². The minimum Gasteiger partial charge on any atom is -0.245 e. The lowest BCUT2D eigenvalue weighted by molar-refractivity contribution is 0.879. The number of aryl methyl sites for hydroxylation is 1. The van der Waals surface area contributed by atoms with Crippen LogP contribution in [0.15, 0.2) is 53.7 Å². The monoisotopic (exact) mass is 314 g/mol. The fourth-order valence-electron chi connectivity index (χ4n) is 1.83. The maximum absolute atomic E-state index is 4.37. The number of aromatic nitrogens is 4. The quantitative estimate of drug-likeness (QED) is 0.728. The summed E-state index contributed by atoms with van der Waals surface area (Å²) in [6, 6.07) is 8.00. The van der Waals surface area contributed by atoms with Gasteiger partial charge in [0, 0.05) is 22.4 Å². The Kier molecular flexibility index (Phi) is 3.13. The Morgan fingerprint density at radius 2 is 2.11 bits per heavy atom. The molecule has 1 aromatic carbocycles. The van der Waals surface area contributed by atoms with Crippen molar-refractivity contribution in [1.29, 1.82) is 0 Å². The highest BCUT2D eigenvalue weighted by molar-refractivity contribution is 9.10. The zero-order chi connectivity index (χ0) is 13.2. The molecule has 5 heteroatoms. The van der Waals surface area contributed by atoms with Gasteiger partial charge in [-0.2, -0.15) is 5.10 Å². The standard InChI is InChI=1S/C14H11BrN4/c1-10-6-12(2-3-13(10)15)19-8-11(7-18-19)14-4-5-16-9-17-14/h2-9H,1H3. The average Bonchev–Trinajstić information content (AvgIpc) is 2.93. The molecule has 0 aliphatic rings. The van der Waals surface area contributed by atoms with Gasteiger partial charge in [-0.15, -0.1) is 0 Å². The number of benzene rings is 1. The van der Waals surface area contributed by atoms with E-state index in [0.29, 0.717) is 0 Å². The normalized spacial score (nSPS) is 10.6. The fourth-order valence-corrected chi connectivity index (χ4v) is 2.08. The molecular formula is C14H11BrN4. The van der Waals surface area contributed by atoms with Crippen molar-refractivity contribution in [3.63, 3.8) is 0 Å². The Balaban J connectivity index is 1.99. The summed E-state index contributed by atoms with van der Waals surface area (Å²) in [5.41, 5.74) is 4.05. The zero-order valence-electron chi connectivity index (χ0n) is 10.3. The van der Waals surface area contributed by atoms with Crippen LogP contribution < -0.4 is 0 Å². The predicted octanol–water partition coefficient (Wildman–Crippen LogP) is 3.40. The van der Waals surface area contributed by atoms with Crippen LogP contribution in [-0.2, 0) is 0 Å². The third kappa shape index (κ3) is 2.42. The van der Waals surface area contributed by atoms with Crippen LogP contribution in [0.1, 0.15) is 5.56 Å². The van der Waals surface area contributed by atoms with Gasteiger partial charge in [0.15, 0.2) is 0 Å². The van der Waals surface area contributed by atoms with E-state index in [9.17, 15) is 0 Å². The Hall–Kier alpha value is -2.01. The van der Waals surface area contributed by atoms with E-state index in [-0.39, 0.29) is 0 Å². The van der Waals surface area contributed by atoms with Crippen molar-refractivity contribution in [1.82, 2.24) is 19.7 Å². The highest BCUT2D eigenvalue weighted by Crippen LogP contribution is 2.21. The average molecular weight is 315 g/mol. The van der Waals surface area contributed by atoms with Gasteiger partial charge in [0.2, 0.25) is 0 Å². The van der Waals surface area contributed by atoms with Crippen LogP contribution in [0.25, 0.3) is 16.9 Å². The smallest absolute Gasteiger partial charge is 0.116 e. The van der Waals surface area contributed by atoms with Crippen molar-refractivity contribution >= 4 is 15.9 Å². The zero-order valence-corrected chi connectivity index (χ0v) is 11.9. The van der Waals surface area contributed by atoms with Gasteiger partial charge in [0.05, 0.1) is 17.6 Å². The van der Waals surface area contributed by atoms with E-state index in [1.54, 1.807) is 12.4 Å². The fraction of sp³-hybridized carbons (Fsp3) is 0.0714. The van der Waals surface area contributed by atoms with Crippen LogP contribution in [0.5, 0.6) is 0 Å². The van der Waals surface area contributed by atoms with Crippen molar-refractivity contribution in [3.8, 4) is 16.9 Å². The molecule has 0 aliphatic carbocycles. The second kappa shape index (κ2) is 4.93. The van der Waals surface area contributed by atoms with Crippen LogP contribution in [0.2, 0.25) is 0 Å². The molecule has 3 rings (SSSR count). The molecule has 0 spiro atoms. The van der Waals surface area contributed by atoms with Gasteiger partial charge in [0.25, 0.3) is 0 Å². The SMILES string of the molecule is Cc1cc(-n2cc(-c3ccncn3)cn2)ccc1Br. The first kappa shape index (κ1) is 12.0. The summed E-state index contributed by atoms with van der Waals surface area (Å²) in [7, 11) is 0. The van der Waals surface area contributed by atoms with Crippen molar-refractivity contribution in [3.05, 3.63) is 59.2 Å². The molecule has 4 nitrogen and oxygen atoms in total. The Labute approximate surface area is 119 Å². The predicted molar refractivity (Wildman–Crippen MR) is 77.0 cm³/mol.